The highest BCUT2D eigenvalue weighted by atomic mass is 16.2. The van der Waals surface area contributed by atoms with Gasteiger partial charge in [-0.25, -0.2) is 4.98 Å². The summed E-state index contributed by atoms with van der Waals surface area (Å²) in [5.41, 5.74) is 0.530. The van der Waals surface area contributed by atoms with Gasteiger partial charge in [0.25, 0.3) is 5.91 Å². The van der Waals surface area contributed by atoms with Crippen molar-refractivity contribution in [1.82, 2.24) is 14.1 Å². The smallest absolute Gasteiger partial charge is 0.263 e. The van der Waals surface area contributed by atoms with Gasteiger partial charge in [-0.05, 0) is 0 Å². The Labute approximate surface area is 123 Å². The summed E-state index contributed by atoms with van der Waals surface area (Å²) in [5.74, 6) is -0.0488. The molecule has 2 aromatic heterocycles. The SMILES string of the molecule is Cn1cc(C(=O)Nc2nccn2C)c(=O)cc1C(C)(C)C. The number of pyridine rings is 1. The van der Waals surface area contributed by atoms with Gasteiger partial charge >= 0.3 is 0 Å². The van der Waals surface area contributed by atoms with Crippen LogP contribution in [0.25, 0.3) is 0 Å². The third kappa shape index (κ3) is 3.04. The highest BCUT2D eigenvalue weighted by Crippen LogP contribution is 2.20. The Kier molecular flexibility index (Phi) is 3.72. The molecule has 2 heterocycles. The molecule has 6 nitrogen and oxygen atoms in total. The van der Waals surface area contributed by atoms with E-state index in [-0.39, 0.29) is 16.4 Å². The lowest BCUT2D eigenvalue weighted by atomic mass is 9.91. The first-order valence-electron chi connectivity index (χ1n) is 6.70. The molecule has 0 atom stereocenters. The number of carbonyl (C=O) groups excluding carboxylic acids is 1. The largest absolute Gasteiger partial charge is 0.353 e. The molecule has 0 aliphatic rings. The Balaban J connectivity index is 2.37. The maximum absolute atomic E-state index is 12.2. The summed E-state index contributed by atoms with van der Waals surface area (Å²) in [7, 11) is 3.60. The molecular weight excluding hydrogens is 268 g/mol. The molecule has 0 saturated carbocycles. The van der Waals surface area contributed by atoms with Crippen molar-refractivity contribution in [1.29, 1.82) is 0 Å². The normalized spacial score (nSPS) is 11.5. The first-order valence-corrected chi connectivity index (χ1v) is 6.70. The Morgan fingerprint density at radius 2 is 1.90 bits per heavy atom. The molecule has 0 unspecified atom stereocenters. The van der Waals surface area contributed by atoms with Gasteiger partial charge in [-0.3, -0.25) is 14.9 Å². The molecule has 0 radical (unpaired) electrons. The fourth-order valence-electron chi connectivity index (χ4n) is 2.20. The van der Waals surface area contributed by atoms with Crippen LogP contribution in [0.5, 0.6) is 0 Å². The van der Waals surface area contributed by atoms with E-state index in [9.17, 15) is 9.59 Å². The van der Waals surface area contributed by atoms with Crippen molar-refractivity contribution < 1.29 is 4.79 Å². The molecule has 0 spiro atoms. The zero-order valence-electron chi connectivity index (χ0n) is 13.0. The van der Waals surface area contributed by atoms with E-state index in [1.54, 1.807) is 30.2 Å². The van der Waals surface area contributed by atoms with Crippen molar-refractivity contribution in [3.05, 3.63) is 46.1 Å². The second-order valence-electron chi connectivity index (χ2n) is 6.11. The average molecular weight is 288 g/mol. The fraction of sp³-hybridized carbons (Fsp3) is 0.400. The van der Waals surface area contributed by atoms with E-state index in [2.05, 4.69) is 10.3 Å². The molecule has 2 rings (SSSR count). The minimum atomic E-state index is -0.453. The van der Waals surface area contributed by atoms with Crippen LogP contribution in [0.2, 0.25) is 0 Å². The second-order valence-corrected chi connectivity index (χ2v) is 6.11. The Hall–Kier alpha value is -2.37. The number of nitrogens with one attached hydrogen (secondary N) is 1. The summed E-state index contributed by atoms with van der Waals surface area (Å²) < 4.78 is 3.49. The molecule has 0 aliphatic carbocycles. The summed E-state index contributed by atoms with van der Waals surface area (Å²) in [5, 5.41) is 2.63. The van der Waals surface area contributed by atoms with Crippen molar-refractivity contribution >= 4 is 11.9 Å². The highest BCUT2D eigenvalue weighted by Gasteiger charge is 2.20. The predicted molar refractivity (Wildman–Crippen MR) is 81.5 cm³/mol. The number of aromatic nitrogens is 3. The quantitative estimate of drug-likeness (QED) is 0.914. The van der Waals surface area contributed by atoms with Crippen LogP contribution in [0.15, 0.2) is 29.5 Å². The van der Waals surface area contributed by atoms with E-state index >= 15 is 0 Å². The van der Waals surface area contributed by atoms with E-state index in [1.165, 1.54) is 6.07 Å². The molecule has 0 aromatic carbocycles. The van der Waals surface area contributed by atoms with Gasteiger partial charge in [0.15, 0.2) is 5.43 Å². The highest BCUT2D eigenvalue weighted by molar-refractivity contribution is 6.03. The number of carbonyl (C=O) groups is 1. The molecule has 2 aromatic rings. The minimum absolute atomic E-state index is 0.105. The van der Waals surface area contributed by atoms with Crippen molar-refractivity contribution in [2.45, 2.75) is 26.2 Å². The summed E-state index contributed by atoms with van der Waals surface area (Å²) in [6.45, 7) is 6.07. The van der Waals surface area contributed by atoms with Gasteiger partial charge in [-0.15, -0.1) is 0 Å². The van der Waals surface area contributed by atoms with Gasteiger partial charge in [-0.2, -0.15) is 0 Å². The fourth-order valence-corrected chi connectivity index (χ4v) is 2.20. The number of nitrogens with zero attached hydrogens (tertiary/aromatic N) is 3. The lowest BCUT2D eigenvalue weighted by Crippen LogP contribution is -2.28. The number of hydrogen-bond acceptors (Lipinski definition) is 3. The lowest BCUT2D eigenvalue weighted by Gasteiger charge is -2.22. The molecule has 6 heteroatoms. The van der Waals surface area contributed by atoms with Crippen LogP contribution < -0.4 is 10.7 Å². The van der Waals surface area contributed by atoms with Crippen LogP contribution in [0, 0.1) is 0 Å². The van der Waals surface area contributed by atoms with Gasteiger partial charge < -0.3 is 9.13 Å². The Bertz CT molecular complexity index is 735. The average Bonchev–Trinajstić information content (AvgIpc) is 2.76. The van der Waals surface area contributed by atoms with Crippen molar-refractivity contribution in [3.8, 4) is 0 Å². The minimum Gasteiger partial charge on any atom is -0.353 e. The van der Waals surface area contributed by atoms with Crippen molar-refractivity contribution in [2.75, 3.05) is 5.32 Å². The molecular formula is C15H20N4O2. The van der Waals surface area contributed by atoms with Crippen LogP contribution in [0.1, 0.15) is 36.8 Å². The first-order chi connectivity index (χ1) is 9.70. The monoisotopic (exact) mass is 288 g/mol. The zero-order valence-corrected chi connectivity index (χ0v) is 13.0. The molecule has 1 N–H and O–H groups in total. The topological polar surface area (TPSA) is 68.9 Å². The van der Waals surface area contributed by atoms with Crippen LogP contribution in [0.4, 0.5) is 5.95 Å². The van der Waals surface area contributed by atoms with Gasteiger partial charge in [0, 0.05) is 49.9 Å². The predicted octanol–water partition coefficient (Wildman–Crippen LogP) is 1.67. The summed E-state index contributed by atoms with van der Waals surface area (Å²) in [6, 6.07) is 1.52. The third-order valence-corrected chi connectivity index (χ3v) is 3.30. The van der Waals surface area contributed by atoms with Crippen molar-refractivity contribution in [2.24, 2.45) is 14.1 Å². The number of hydrogen-bond donors (Lipinski definition) is 1. The number of amides is 1. The van der Waals surface area contributed by atoms with E-state index in [4.69, 9.17) is 0 Å². The van der Waals surface area contributed by atoms with Crippen LogP contribution in [0.3, 0.4) is 0 Å². The van der Waals surface area contributed by atoms with Gasteiger partial charge in [-0.1, -0.05) is 20.8 Å². The molecule has 0 fully saturated rings. The third-order valence-electron chi connectivity index (χ3n) is 3.30. The molecule has 0 bridgehead atoms. The van der Waals surface area contributed by atoms with Crippen LogP contribution >= 0.6 is 0 Å². The lowest BCUT2D eigenvalue weighted by molar-refractivity contribution is 0.102. The molecule has 112 valence electrons. The van der Waals surface area contributed by atoms with Gasteiger partial charge in [0.2, 0.25) is 5.95 Å². The van der Waals surface area contributed by atoms with Crippen LogP contribution in [-0.2, 0) is 19.5 Å². The van der Waals surface area contributed by atoms with Crippen molar-refractivity contribution in [3.63, 3.8) is 0 Å². The molecule has 21 heavy (non-hydrogen) atoms. The standard InChI is InChI=1S/C15H20N4O2/c1-15(2,3)12-8-11(20)10(9-19(12)5)13(21)17-14-16-6-7-18(14)4/h6-9H,1-5H3,(H,16,17,21). The maximum atomic E-state index is 12.2. The Morgan fingerprint density at radius 3 is 2.43 bits per heavy atom. The number of rotatable bonds is 2. The molecule has 0 aliphatic heterocycles. The molecule has 0 saturated heterocycles. The van der Waals surface area contributed by atoms with E-state index in [0.29, 0.717) is 5.95 Å². The number of imidazole rings is 1. The Morgan fingerprint density at radius 1 is 1.24 bits per heavy atom. The second kappa shape index (κ2) is 5.20. The first kappa shape index (κ1) is 15.0. The van der Waals surface area contributed by atoms with Crippen LogP contribution in [-0.4, -0.2) is 20.0 Å². The van der Waals surface area contributed by atoms with Gasteiger partial charge in [0.1, 0.15) is 5.56 Å². The zero-order chi connectivity index (χ0) is 15.8. The van der Waals surface area contributed by atoms with Gasteiger partial charge in [0.05, 0.1) is 0 Å². The maximum Gasteiger partial charge on any atom is 0.263 e. The van der Waals surface area contributed by atoms with E-state index in [1.807, 2.05) is 32.4 Å². The summed E-state index contributed by atoms with van der Waals surface area (Å²) in [4.78, 5) is 28.4. The van der Waals surface area contributed by atoms with E-state index < -0.39 is 5.91 Å². The summed E-state index contributed by atoms with van der Waals surface area (Å²) in [6.07, 6.45) is 4.87. The number of anilines is 1. The number of aryl methyl sites for hydroxylation is 2. The molecule has 1 amide bonds. The van der Waals surface area contributed by atoms with E-state index in [0.717, 1.165) is 5.69 Å². The summed E-state index contributed by atoms with van der Waals surface area (Å²) >= 11 is 0.